The van der Waals surface area contributed by atoms with Gasteiger partial charge in [0.2, 0.25) is 0 Å². The van der Waals surface area contributed by atoms with Gasteiger partial charge in [0.15, 0.2) is 0 Å². The second-order valence-corrected chi connectivity index (χ2v) is 4.94. The van der Waals surface area contributed by atoms with E-state index in [0.717, 1.165) is 0 Å². The predicted octanol–water partition coefficient (Wildman–Crippen LogP) is 2.73. The third-order valence-electron chi connectivity index (χ3n) is 2.05. The highest BCUT2D eigenvalue weighted by molar-refractivity contribution is 6.03. The highest BCUT2D eigenvalue weighted by atomic mass is 16.6. The third-order valence-corrected chi connectivity index (χ3v) is 2.05. The third kappa shape index (κ3) is 5.42. The van der Waals surface area contributed by atoms with Crippen LogP contribution in [0.15, 0.2) is 29.3 Å². The topological polar surface area (TPSA) is 73.9 Å². The normalized spacial score (nSPS) is 12.1. The molecule has 0 atom stereocenters. The number of aliphatic imine (C=N–C) groups is 1. The number of nitrogens with zero attached hydrogens (tertiary/aromatic N) is 1. The first-order valence-corrected chi connectivity index (χ1v) is 6.12. The van der Waals surface area contributed by atoms with Gasteiger partial charge in [-0.2, -0.15) is 4.99 Å². The second kappa shape index (κ2) is 6.22. The van der Waals surface area contributed by atoms with E-state index in [0.29, 0.717) is 17.9 Å². The van der Waals surface area contributed by atoms with E-state index < -0.39 is 11.7 Å². The number of ether oxygens (including phenoxy) is 2. The molecule has 0 saturated carbocycles. The minimum Gasteiger partial charge on any atom is -0.494 e. The van der Waals surface area contributed by atoms with Gasteiger partial charge in [0, 0.05) is 5.56 Å². The number of carbonyl (C=O) groups is 1. The quantitative estimate of drug-likeness (QED) is 0.673. The highest BCUT2D eigenvalue weighted by Crippen LogP contribution is 2.14. The van der Waals surface area contributed by atoms with Crippen molar-refractivity contribution in [3.63, 3.8) is 0 Å². The van der Waals surface area contributed by atoms with Crippen LogP contribution in [0.25, 0.3) is 0 Å². The lowest BCUT2D eigenvalue weighted by atomic mass is 10.2. The molecule has 1 amide bonds. The molecule has 0 aromatic heterocycles. The van der Waals surface area contributed by atoms with Crippen molar-refractivity contribution in [3.8, 4) is 5.75 Å². The average molecular weight is 264 g/mol. The molecular weight excluding hydrogens is 244 g/mol. The molecule has 5 nitrogen and oxygen atoms in total. The Morgan fingerprint density at radius 3 is 2.63 bits per heavy atom. The Kier molecular flexibility index (Phi) is 4.92. The lowest BCUT2D eigenvalue weighted by Crippen LogP contribution is -2.24. The number of benzene rings is 1. The number of carbonyl (C=O) groups excluding carboxylic acids is 1. The Labute approximate surface area is 113 Å². The molecule has 0 bridgehead atoms. The molecule has 0 aliphatic rings. The predicted molar refractivity (Wildman–Crippen MR) is 74.6 cm³/mol. The SMILES string of the molecule is CCOc1cccc(C(N)=NC(=O)OC(C)(C)C)c1. The van der Waals surface area contributed by atoms with Crippen molar-refractivity contribution < 1.29 is 14.3 Å². The van der Waals surface area contributed by atoms with Gasteiger partial charge in [0.05, 0.1) is 6.61 Å². The molecule has 19 heavy (non-hydrogen) atoms. The minimum atomic E-state index is -0.702. The lowest BCUT2D eigenvalue weighted by Gasteiger charge is -2.17. The number of amidine groups is 1. The molecule has 0 unspecified atom stereocenters. The van der Waals surface area contributed by atoms with Crippen LogP contribution in [0.3, 0.4) is 0 Å². The summed E-state index contributed by atoms with van der Waals surface area (Å²) < 4.78 is 10.4. The fourth-order valence-electron chi connectivity index (χ4n) is 1.36. The largest absolute Gasteiger partial charge is 0.494 e. The maximum absolute atomic E-state index is 11.5. The van der Waals surface area contributed by atoms with E-state index in [9.17, 15) is 4.79 Å². The van der Waals surface area contributed by atoms with Crippen LogP contribution in [0.1, 0.15) is 33.3 Å². The zero-order valence-corrected chi connectivity index (χ0v) is 11.8. The molecule has 1 aromatic rings. The van der Waals surface area contributed by atoms with Gasteiger partial charge >= 0.3 is 6.09 Å². The molecular formula is C14H20N2O3. The molecule has 104 valence electrons. The van der Waals surface area contributed by atoms with Crippen molar-refractivity contribution in [3.05, 3.63) is 29.8 Å². The Morgan fingerprint density at radius 2 is 2.05 bits per heavy atom. The Hall–Kier alpha value is -2.04. The molecule has 2 N–H and O–H groups in total. The van der Waals surface area contributed by atoms with Crippen molar-refractivity contribution in [2.75, 3.05) is 6.61 Å². The standard InChI is InChI=1S/C14H20N2O3/c1-5-18-11-8-6-7-10(9-11)12(15)16-13(17)19-14(2,3)4/h6-9H,5H2,1-4H3,(H2,15,16,17). The van der Waals surface area contributed by atoms with E-state index in [-0.39, 0.29) is 5.84 Å². The summed E-state index contributed by atoms with van der Waals surface area (Å²) in [7, 11) is 0. The van der Waals surface area contributed by atoms with E-state index >= 15 is 0 Å². The van der Waals surface area contributed by atoms with E-state index in [4.69, 9.17) is 15.2 Å². The Bertz CT molecular complexity index is 476. The van der Waals surface area contributed by atoms with Gasteiger partial charge in [0.1, 0.15) is 17.2 Å². The van der Waals surface area contributed by atoms with E-state index in [2.05, 4.69) is 4.99 Å². The first-order valence-electron chi connectivity index (χ1n) is 6.12. The Balaban J connectivity index is 2.84. The van der Waals surface area contributed by atoms with Crippen LogP contribution in [0.2, 0.25) is 0 Å². The highest BCUT2D eigenvalue weighted by Gasteiger charge is 2.16. The maximum Gasteiger partial charge on any atom is 0.436 e. The van der Waals surface area contributed by atoms with E-state index in [1.165, 1.54) is 0 Å². The number of hydrogen-bond acceptors (Lipinski definition) is 3. The fourth-order valence-corrected chi connectivity index (χ4v) is 1.36. The number of hydrogen-bond donors (Lipinski definition) is 1. The Morgan fingerprint density at radius 1 is 1.37 bits per heavy atom. The summed E-state index contributed by atoms with van der Waals surface area (Å²) in [5.41, 5.74) is 5.81. The maximum atomic E-state index is 11.5. The summed E-state index contributed by atoms with van der Waals surface area (Å²) >= 11 is 0. The summed E-state index contributed by atoms with van der Waals surface area (Å²) in [4.78, 5) is 15.2. The first kappa shape index (κ1) is 15.0. The van der Waals surface area contributed by atoms with Crippen LogP contribution >= 0.6 is 0 Å². The molecule has 0 saturated heterocycles. The van der Waals surface area contributed by atoms with Crippen LogP contribution in [0.5, 0.6) is 5.75 Å². The molecule has 5 heteroatoms. The summed E-state index contributed by atoms with van der Waals surface area (Å²) in [6.45, 7) is 7.77. The van der Waals surface area contributed by atoms with Crippen LogP contribution in [0.4, 0.5) is 4.79 Å². The second-order valence-electron chi connectivity index (χ2n) is 4.94. The van der Waals surface area contributed by atoms with Crippen LogP contribution < -0.4 is 10.5 Å². The van der Waals surface area contributed by atoms with E-state index in [1.807, 2.05) is 13.0 Å². The van der Waals surface area contributed by atoms with E-state index in [1.54, 1.807) is 39.0 Å². The average Bonchev–Trinajstić information content (AvgIpc) is 2.27. The molecule has 0 radical (unpaired) electrons. The van der Waals surface area contributed by atoms with Crippen molar-refractivity contribution in [1.29, 1.82) is 0 Å². The van der Waals surface area contributed by atoms with Crippen LogP contribution in [-0.2, 0) is 4.74 Å². The summed E-state index contributed by atoms with van der Waals surface area (Å²) in [6, 6.07) is 7.09. The molecule has 0 aliphatic heterocycles. The number of nitrogens with two attached hydrogens (primary N) is 1. The van der Waals surface area contributed by atoms with Crippen molar-refractivity contribution in [1.82, 2.24) is 0 Å². The fraction of sp³-hybridized carbons (Fsp3) is 0.429. The van der Waals surface area contributed by atoms with Gasteiger partial charge in [-0.1, -0.05) is 12.1 Å². The number of amides is 1. The summed E-state index contributed by atoms with van der Waals surface area (Å²) in [5.74, 6) is 0.790. The first-order chi connectivity index (χ1) is 8.81. The minimum absolute atomic E-state index is 0.107. The molecule has 0 spiro atoms. The van der Waals surface area contributed by atoms with Gasteiger partial charge < -0.3 is 15.2 Å². The summed E-state index contributed by atoms with van der Waals surface area (Å²) in [5, 5.41) is 0. The van der Waals surface area contributed by atoms with Crippen molar-refractivity contribution in [2.45, 2.75) is 33.3 Å². The zero-order valence-electron chi connectivity index (χ0n) is 11.8. The van der Waals surface area contributed by atoms with Gasteiger partial charge in [-0.05, 0) is 39.8 Å². The monoisotopic (exact) mass is 264 g/mol. The number of rotatable bonds is 3. The van der Waals surface area contributed by atoms with Crippen molar-refractivity contribution in [2.24, 2.45) is 10.7 Å². The summed E-state index contributed by atoms with van der Waals surface area (Å²) in [6.07, 6.45) is -0.702. The lowest BCUT2D eigenvalue weighted by molar-refractivity contribution is 0.0604. The van der Waals surface area contributed by atoms with Crippen LogP contribution in [-0.4, -0.2) is 24.1 Å². The molecule has 0 fully saturated rings. The molecule has 0 heterocycles. The smallest absolute Gasteiger partial charge is 0.436 e. The molecule has 1 aromatic carbocycles. The van der Waals surface area contributed by atoms with Gasteiger partial charge in [-0.25, -0.2) is 4.79 Å². The molecule has 1 rings (SSSR count). The molecule has 0 aliphatic carbocycles. The van der Waals surface area contributed by atoms with Crippen molar-refractivity contribution >= 4 is 11.9 Å². The van der Waals surface area contributed by atoms with Crippen LogP contribution in [0, 0.1) is 0 Å². The van der Waals surface area contributed by atoms with Gasteiger partial charge in [0.25, 0.3) is 0 Å². The van der Waals surface area contributed by atoms with Gasteiger partial charge in [-0.15, -0.1) is 0 Å². The zero-order chi connectivity index (χ0) is 14.5. The van der Waals surface area contributed by atoms with Gasteiger partial charge in [-0.3, -0.25) is 0 Å².